The molecular formula is C13H15IN2O3. The number of nitrogens with zero attached hydrogens (tertiary/aromatic N) is 1. The summed E-state index contributed by atoms with van der Waals surface area (Å²) in [7, 11) is 0. The van der Waals surface area contributed by atoms with E-state index in [1.165, 1.54) is 6.07 Å². The van der Waals surface area contributed by atoms with E-state index < -0.39 is 0 Å². The number of piperidine rings is 1. The third-order valence-corrected chi connectivity index (χ3v) is 4.22. The molecule has 0 radical (unpaired) electrons. The minimum Gasteiger partial charge on any atom is -0.507 e. The number of carbonyl (C=O) groups excluding carboxylic acids is 2. The van der Waals surface area contributed by atoms with Crippen molar-refractivity contribution in [1.82, 2.24) is 4.90 Å². The van der Waals surface area contributed by atoms with Crippen molar-refractivity contribution < 1.29 is 14.7 Å². The summed E-state index contributed by atoms with van der Waals surface area (Å²) >= 11 is 1.99. The standard InChI is InChI=1S/C13H15IN2O3/c14-10-4-3-8(6-11(10)17)13(19)16-5-1-2-9(7-16)12(15)18/h3-4,6,9,17H,1-2,5,7H2,(H2,15,18). The molecule has 6 heteroatoms. The van der Waals surface area contributed by atoms with Crippen molar-refractivity contribution in [3.8, 4) is 5.75 Å². The average Bonchev–Trinajstić information content (AvgIpc) is 2.41. The number of primary amides is 1. The second-order valence-corrected chi connectivity index (χ2v) is 5.82. The number of rotatable bonds is 2. The van der Waals surface area contributed by atoms with Crippen LogP contribution in [0.2, 0.25) is 0 Å². The molecule has 1 aromatic rings. The number of halogens is 1. The van der Waals surface area contributed by atoms with Gasteiger partial charge in [-0.3, -0.25) is 9.59 Å². The second-order valence-electron chi connectivity index (χ2n) is 4.66. The Morgan fingerprint density at radius 3 is 2.79 bits per heavy atom. The summed E-state index contributed by atoms with van der Waals surface area (Å²) in [5.74, 6) is -0.703. The van der Waals surface area contributed by atoms with Gasteiger partial charge in [-0.1, -0.05) is 0 Å². The van der Waals surface area contributed by atoms with Gasteiger partial charge in [0.25, 0.3) is 5.91 Å². The van der Waals surface area contributed by atoms with E-state index in [1.807, 2.05) is 22.6 Å². The summed E-state index contributed by atoms with van der Waals surface area (Å²) in [6.45, 7) is 0.982. The van der Waals surface area contributed by atoms with Gasteiger partial charge < -0.3 is 15.7 Å². The van der Waals surface area contributed by atoms with Crippen molar-refractivity contribution in [1.29, 1.82) is 0 Å². The van der Waals surface area contributed by atoms with Crippen LogP contribution in [0.5, 0.6) is 5.75 Å². The number of aromatic hydroxyl groups is 1. The number of hydrogen-bond donors (Lipinski definition) is 2. The van der Waals surface area contributed by atoms with Gasteiger partial charge in [0.1, 0.15) is 5.75 Å². The SMILES string of the molecule is NC(=O)C1CCCN(C(=O)c2ccc(I)c(O)c2)C1. The van der Waals surface area contributed by atoms with Crippen LogP contribution in [-0.2, 0) is 4.79 Å². The van der Waals surface area contributed by atoms with Crippen LogP contribution in [0.15, 0.2) is 18.2 Å². The van der Waals surface area contributed by atoms with Crippen molar-refractivity contribution in [2.24, 2.45) is 11.7 Å². The van der Waals surface area contributed by atoms with Crippen LogP contribution in [0, 0.1) is 9.49 Å². The molecule has 1 aliphatic heterocycles. The maximum absolute atomic E-state index is 12.3. The number of amides is 2. The lowest BCUT2D eigenvalue weighted by Gasteiger charge is -2.31. The molecular weight excluding hydrogens is 359 g/mol. The van der Waals surface area contributed by atoms with E-state index >= 15 is 0 Å². The molecule has 3 N–H and O–H groups in total. The second kappa shape index (κ2) is 5.77. The lowest BCUT2D eigenvalue weighted by Crippen LogP contribution is -2.44. The number of phenols is 1. The van der Waals surface area contributed by atoms with Crippen molar-refractivity contribution in [3.05, 3.63) is 27.3 Å². The van der Waals surface area contributed by atoms with Crippen LogP contribution in [0.4, 0.5) is 0 Å². The van der Waals surface area contributed by atoms with Crippen LogP contribution < -0.4 is 5.73 Å². The number of nitrogens with two attached hydrogens (primary N) is 1. The Labute approximate surface area is 124 Å². The molecule has 5 nitrogen and oxygen atoms in total. The Kier molecular flexibility index (Phi) is 4.28. The van der Waals surface area contributed by atoms with E-state index in [1.54, 1.807) is 17.0 Å². The number of hydrogen-bond acceptors (Lipinski definition) is 3. The first kappa shape index (κ1) is 14.1. The fourth-order valence-corrected chi connectivity index (χ4v) is 2.56. The van der Waals surface area contributed by atoms with E-state index in [0.717, 1.165) is 12.8 Å². The zero-order valence-corrected chi connectivity index (χ0v) is 12.5. The molecule has 1 heterocycles. The van der Waals surface area contributed by atoms with Gasteiger partial charge in [-0.25, -0.2) is 0 Å². The Morgan fingerprint density at radius 2 is 2.16 bits per heavy atom. The van der Waals surface area contributed by atoms with Gasteiger partial charge >= 0.3 is 0 Å². The highest BCUT2D eigenvalue weighted by atomic mass is 127. The van der Waals surface area contributed by atoms with Crippen LogP contribution in [0.25, 0.3) is 0 Å². The first-order chi connectivity index (χ1) is 8.99. The molecule has 0 aliphatic carbocycles. The molecule has 0 bridgehead atoms. The highest BCUT2D eigenvalue weighted by Crippen LogP contribution is 2.23. The molecule has 1 unspecified atom stereocenters. The summed E-state index contributed by atoms with van der Waals surface area (Å²) in [5, 5.41) is 9.64. The number of carbonyl (C=O) groups is 2. The van der Waals surface area contributed by atoms with Crippen LogP contribution in [0.3, 0.4) is 0 Å². The fraction of sp³-hybridized carbons (Fsp3) is 0.385. The Bertz CT molecular complexity index is 519. The van der Waals surface area contributed by atoms with Crippen molar-refractivity contribution in [2.45, 2.75) is 12.8 Å². The van der Waals surface area contributed by atoms with Gasteiger partial charge in [-0.05, 0) is 53.6 Å². The largest absolute Gasteiger partial charge is 0.507 e. The molecule has 1 aromatic carbocycles. The first-order valence-electron chi connectivity index (χ1n) is 6.06. The van der Waals surface area contributed by atoms with Crippen LogP contribution in [-0.4, -0.2) is 34.9 Å². The van der Waals surface area contributed by atoms with Gasteiger partial charge in [-0.15, -0.1) is 0 Å². The van der Waals surface area contributed by atoms with Gasteiger partial charge in [-0.2, -0.15) is 0 Å². The van der Waals surface area contributed by atoms with Crippen LogP contribution >= 0.6 is 22.6 Å². The zero-order valence-electron chi connectivity index (χ0n) is 10.3. The molecule has 2 rings (SSSR count). The number of phenolic OH excluding ortho intramolecular Hbond substituents is 1. The monoisotopic (exact) mass is 374 g/mol. The fourth-order valence-electron chi connectivity index (χ4n) is 2.22. The summed E-state index contributed by atoms with van der Waals surface area (Å²) in [4.78, 5) is 25.1. The molecule has 1 saturated heterocycles. The van der Waals surface area contributed by atoms with Crippen LogP contribution in [0.1, 0.15) is 23.2 Å². The lowest BCUT2D eigenvalue weighted by molar-refractivity contribution is -0.123. The molecule has 102 valence electrons. The summed E-state index contributed by atoms with van der Waals surface area (Å²) in [6.07, 6.45) is 1.51. The Morgan fingerprint density at radius 1 is 1.42 bits per heavy atom. The Balaban J connectivity index is 2.14. The smallest absolute Gasteiger partial charge is 0.254 e. The molecule has 1 aliphatic rings. The third kappa shape index (κ3) is 3.17. The molecule has 0 spiro atoms. The highest BCUT2D eigenvalue weighted by molar-refractivity contribution is 14.1. The minimum absolute atomic E-state index is 0.0925. The summed E-state index contributed by atoms with van der Waals surface area (Å²) in [6, 6.07) is 4.83. The van der Waals surface area contributed by atoms with E-state index in [0.29, 0.717) is 22.2 Å². The predicted octanol–water partition coefficient (Wildman–Crippen LogP) is 1.33. The van der Waals surface area contributed by atoms with Gasteiger partial charge in [0.2, 0.25) is 5.91 Å². The summed E-state index contributed by atoms with van der Waals surface area (Å²) < 4.78 is 0.697. The molecule has 1 fully saturated rings. The maximum atomic E-state index is 12.3. The third-order valence-electron chi connectivity index (χ3n) is 3.30. The van der Waals surface area contributed by atoms with Crippen molar-refractivity contribution in [3.63, 3.8) is 0 Å². The van der Waals surface area contributed by atoms with Gasteiger partial charge in [0, 0.05) is 18.7 Å². The predicted molar refractivity (Wildman–Crippen MR) is 78.6 cm³/mol. The van der Waals surface area contributed by atoms with E-state index in [-0.39, 0.29) is 23.5 Å². The number of likely N-dealkylation sites (tertiary alicyclic amines) is 1. The quantitative estimate of drug-likeness (QED) is 0.767. The molecule has 0 aromatic heterocycles. The average molecular weight is 374 g/mol. The molecule has 1 atom stereocenters. The van der Waals surface area contributed by atoms with Crippen molar-refractivity contribution >= 4 is 34.4 Å². The van der Waals surface area contributed by atoms with Gasteiger partial charge in [0.15, 0.2) is 0 Å². The molecule has 0 saturated carbocycles. The number of benzene rings is 1. The summed E-state index contributed by atoms with van der Waals surface area (Å²) in [5.41, 5.74) is 5.73. The van der Waals surface area contributed by atoms with E-state index in [9.17, 15) is 14.7 Å². The topological polar surface area (TPSA) is 83.6 Å². The normalized spacial score (nSPS) is 19.2. The highest BCUT2D eigenvalue weighted by Gasteiger charge is 2.27. The van der Waals surface area contributed by atoms with E-state index in [2.05, 4.69) is 0 Å². The van der Waals surface area contributed by atoms with E-state index in [4.69, 9.17) is 5.73 Å². The zero-order chi connectivity index (χ0) is 14.0. The molecule has 19 heavy (non-hydrogen) atoms. The van der Waals surface area contributed by atoms with Crippen molar-refractivity contribution in [2.75, 3.05) is 13.1 Å². The first-order valence-corrected chi connectivity index (χ1v) is 7.14. The lowest BCUT2D eigenvalue weighted by atomic mass is 9.97. The van der Waals surface area contributed by atoms with Gasteiger partial charge in [0.05, 0.1) is 9.49 Å². The Hall–Kier alpha value is -1.31. The maximum Gasteiger partial charge on any atom is 0.254 e. The molecule has 2 amide bonds. The minimum atomic E-state index is -0.358.